The molecule has 0 amide bonds. The molecule has 0 aromatic carbocycles. The SMILES string of the molecule is O=c1ccc([N+](=O)[O-])c2n1CCN2Cc1ccc(C(F)(F)F)nc1. The Labute approximate surface area is 133 Å². The second-order valence-electron chi connectivity index (χ2n) is 5.26. The molecule has 24 heavy (non-hydrogen) atoms. The zero-order valence-electron chi connectivity index (χ0n) is 12.2. The standard InChI is InChI=1S/C14H11F3N4O3/c15-14(16,17)11-3-1-9(7-18-11)8-19-5-6-20-12(22)4-2-10(13(19)20)21(23)24/h1-4,7H,5-6,8H2. The van der Waals surface area contributed by atoms with E-state index >= 15 is 0 Å². The van der Waals surface area contributed by atoms with Crippen molar-refractivity contribution in [2.24, 2.45) is 0 Å². The van der Waals surface area contributed by atoms with E-state index in [9.17, 15) is 28.1 Å². The van der Waals surface area contributed by atoms with Gasteiger partial charge in [0, 0.05) is 38.0 Å². The molecule has 0 bridgehead atoms. The molecule has 0 radical (unpaired) electrons. The van der Waals surface area contributed by atoms with E-state index in [1.54, 1.807) is 4.90 Å². The molecule has 3 heterocycles. The molecule has 0 spiro atoms. The molecular formula is C14H11F3N4O3. The summed E-state index contributed by atoms with van der Waals surface area (Å²) in [6.07, 6.45) is -3.44. The van der Waals surface area contributed by atoms with Crippen molar-refractivity contribution < 1.29 is 18.1 Å². The van der Waals surface area contributed by atoms with E-state index < -0.39 is 16.8 Å². The highest BCUT2D eigenvalue weighted by atomic mass is 19.4. The number of hydrogen-bond donors (Lipinski definition) is 0. The minimum absolute atomic E-state index is 0.120. The van der Waals surface area contributed by atoms with Crippen molar-refractivity contribution in [1.29, 1.82) is 0 Å². The van der Waals surface area contributed by atoms with Gasteiger partial charge in [0.05, 0.1) is 4.92 Å². The van der Waals surface area contributed by atoms with Crippen LogP contribution in [-0.4, -0.2) is 21.0 Å². The van der Waals surface area contributed by atoms with Gasteiger partial charge in [-0.25, -0.2) is 0 Å². The summed E-state index contributed by atoms with van der Waals surface area (Å²) in [5.41, 5.74) is -1.12. The van der Waals surface area contributed by atoms with Gasteiger partial charge in [-0.15, -0.1) is 0 Å². The van der Waals surface area contributed by atoms with Gasteiger partial charge in [-0.1, -0.05) is 6.07 Å². The number of alkyl halides is 3. The van der Waals surface area contributed by atoms with Crippen LogP contribution in [-0.2, 0) is 19.3 Å². The number of rotatable bonds is 3. The largest absolute Gasteiger partial charge is 0.433 e. The van der Waals surface area contributed by atoms with E-state index in [1.165, 1.54) is 10.6 Å². The first-order valence-electron chi connectivity index (χ1n) is 6.92. The van der Waals surface area contributed by atoms with Crippen molar-refractivity contribution in [3.05, 3.63) is 62.2 Å². The maximum absolute atomic E-state index is 12.5. The van der Waals surface area contributed by atoms with Crippen LogP contribution in [0.5, 0.6) is 0 Å². The molecule has 0 saturated heterocycles. The molecule has 10 heteroatoms. The van der Waals surface area contributed by atoms with E-state index in [0.717, 1.165) is 24.4 Å². The van der Waals surface area contributed by atoms with Crippen molar-refractivity contribution in [3.8, 4) is 0 Å². The molecule has 0 N–H and O–H groups in total. The molecule has 0 atom stereocenters. The Kier molecular flexibility index (Phi) is 3.74. The third-order valence-electron chi connectivity index (χ3n) is 3.71. The number of pyridine rings is 2. The lowest BCUT2D eigenvalue weighted by molar-refractivity contribution is -0.384. The number of nitrogens with zero attached hydrogens (tertiary/aromatic N) is 4. The van der Waals surface area contributed by atoms with Crippen molar-refractivity contribution in [3.63, 3.8) is 0 Å². The zero-order valence-corrected chi connectivity index (χ0v) is 12.2. The summed E-state index contributed by atoms with van der Waals surface area (Å²) in [5.74, 6) is 0.160. The lowest BCUT2D eigenvalue weighted by Crippen LogP contribution is -2.22. The van der Waals surface area contributed by atoms with Gasteiger partial charge in [-0.2, -0.15) is 13.2 Å². The predicted octanol–water partition coefficient (Wildman–Crippen LogP) is 2.19. The quantitative estimate of drug-likeness (QED) is 0.632. The Morgan fingerprint density at radius 1 is 1.21 bits per heavy atom. The van der Waals surface area contributed by atoms with Gasteiger partial charge in [0.2, 0.25) is 0 Å². The summed E-state index contributed by atoms with van der Waals surface area (Å²) in [6.45, 7) is 0.750. The minimum Gasteiger partial charge on any atom is -0.346 e. The van der Waals surface area contributed by atoms with Gasteiger partial charge in [-0.3, -0.25) is 24.5 Å². The Morgan fingerprint density at radius 3 is 2.54 bits per heavy atom. The fraction of sp³-hybridized carbons (Fsp3) is 0.286. The predicted molar refractivity (Wildman–Crippen MR) is 77.6 cm³/mol. The summed E-state index contributed by atoms with van der Waals surface area (Å²) in [5, 5.41) is 11.2. The van der Waals surface area contributed by atoms with Crippen molar-refractivity contribution in [1.82, 2.24) is 9.55 Å². The molecule has 2 aromatic heterocycles. The highest BCUT2D eigenvalue weighted by Gasteiger charge is 2.33. The Bertz CT molecular complexity index is 846. The molecular weight excluding hydrogens is 329 g/mol. The van der Waals surface area contributed by atoms with Crippen LogP contribution in [0.4, 0.5) is 24.7 Å². The molecule has 1 aliphatic heterocycles. The molecule has 0 saturated carbocycles. The average Bonchev–Trinajstić information content (AvgIpc) is 2.92. The highest BCUT2D eigenvalue weighted by molar-refractivity contribution is 5.60. The monoisotopic (exact) mass is 340 g/mol. The fourth-order valence-electron chi connectivity index (χ4n) is 2.64. The van der Waals surface area contributed by atoms with Crippen LogP contribution in [0.15, 0.2) is 35.3 Å². The zero-order chi connectivity index (χ0) is 17.5. The van der Waals surface area contributed by atoms with Crippen LogP contribution in [0.3, 0.4) is 0 Å². The number of halogens is 3. The van der Waals surface area contributed by atoms with Gasteiger partial charge in [-0.05, 0) is 11.6 Å². The van der Waals surface area contributed by atoms with Crippen molar-refractivity contribution >= 4 is 11.5 Å². The maximum Gasteiger partial charge on any atom is 0.433 e. The average molecular weight is 340 g/mol. The first kappa shape index (κ1) is 16.0. The minimum atomic E-state index is -4.52. The highest BCUT2D eigenvalue weighted by Crippen LogP contribution is 2.32. The van der Waals surface area contributed by atoms with Crippen molar-refractivity contribution in [2.75, 3.05) is 11.4 Å². The normalized spacial score (nSPS) is 13.9. The van der Waals surface area contributed by atoms with E-state index in [4.69, 9.17) is 0 Å². The van der Waals surface area contributed by atoms with E-state index in [1.807, 2.05) is 0 Å². The lowest BCUT2D eigenvalue weighted by atomic mass is 10.2. The first-order chi connectivity index (χ1) is 11.3. The van der Waals surface area contributed by atoms with Crippen LogP contribution in [0.1, 0.15) is 11.3 Å². The molecule has 126 valence electrons. The summed E-state index contributed by atoms with van der Waals surface area (Å²) >= 11 is 0. The van der Waals surface area contributed by atoms with Crippen LogP contribution in [0.25, 0.3) is 0 Å². The van der Waals surface area contributed by atoms with Crippen molar-refractivity contribution in [2.45, 2.75) is 19.3 Å². The Balaban J connectivity index is 1.91. The molecule has 0 fully saturated rings. The summed E-state index contributed by atoms with van der Waals surface area (Å²) in [4.78, 5) is 27.3. The fourth-order valence-corrected chi connectivity index (χ4v) is 2.64. The van der Waals surface area contributed by atoms with Crippen LogP contribution < -0.4 is 10.5 Å². The van der Waals surface area contributed by atoms with Gasteiger partial charge >= 0.3 is 11.9 Å². The molecule has 7 nitrogen and oxygen atoms in total. The molecule has 0 aliphatic carbocycles. The smallest absolute Gasteiger partial charge is 0.346 e. The number of nitro groups is 1. The second-order valence-corrected chi connectivity index (χ2v) is 5.26. The molecule has 0 unspecified atom stereocenters. The molecule has 2 aromatic rings. The van der Waals surface area contributed by atoms with E-state index in [-0.39, 0.29) is 30.2 Å². The van der Waals surface area contributed by atoms with Gasteiger partial charge in [0.15, 0.2) is 5.82 Å². The Morgan fingerprint density at radius 2 is 1.96 bits per heavy atom. The summed E-state index contributed by atoms with van der Waals surface area (Å²) in [6, 6.07) is 4.39. The van der Waals surface area contributed by atoms with Crippen LogP contribution >= 0.6 is 0 Å². The number of aromatic nitrogens is 2. The topological polar surface area (TPSA) is 81.3 Å². The third kappa shape index (κ3) is 2.82. The van der Waals surface area contributed by atoms with Gasteiger partial charge < -0.3 is 4.90 Å². The number of fused-ring (bicyclic) bond motifs is 1. The lowest BCUT2D eigenvalue weighted by Gasteiger charge is -2.18. The second kappa shape index (κ2) is 5.62. The maximum atomic E-state index is 12.5. The Hall–Kier alpha value is -2.91. The third-order valence-corrected chi connectivity index (χ3v) is 3.71. The number of anilines is 1. The first-order valence-corrected chi connectivity index (χ1v) is 6.92. The summed E-state index contributed by atoms with van der Waals surface area (Å²) < 4.78 is 38.9. The van der Waals surface area contributed by atoms with E-state index in [0.29, 0.717) is 12.1 Å². The van der Waals surface area contributed by atoms with Crippen LogP contribution in [0, 0.1) is 10.1 Å². The molecule has 3 rings (SSSR count). The molecule has 1 aliphatic rings. The van der Waals surface area contributed by atoms with Crippen LogP contribution in [0.2, 0.25) is 0 Å². The number of hydrogen-bond acceptors (Lipinski definition) is 5. The summed E-state index contributed by atoms with van der Waals surface area (Å²) in [7, 11) is 0. The van der Waals surface area contributed by atoms with Gasteiger partial charge in [0.25, 0.3) is 5.56 Å². The van der Waals surface area contributed by atoms with E-state index in [2.05, 4.69) is 4.98 Å². The van der Waals surface area contributed by atoms with Gasteiger partial charge in [0.1, 0.15) is 5.69 Å².